The molecule has 180 valence electrons. The predicted molar refractivity (Wildman–Crippen MR) is 136 cm³/mol. The van der Waals surface area contributed by atoms with Gasteiger partial charge in [-0.05, 0) is 35.7 Å². The monoisotopic (exact) mass is 471 g/mol. The molecule has 7 nitrogen and oxygen atoms in total. The number of nitrogens with zero attached hydrogens (tertiary/aromatic N) is 2. The molecule has 7 heteroatoms. The fourth-order valence-corrected chi connectivity index (χ4v) is 4.07. The maximum absolute atomic E-state index is 13.5. The molecule has 35 heavy (non-hydrogen) atoms. The van der Waals surface area contributed by atoms with Gasteiger partial charge in [0.15, 0.2) is 5.69 Å². The summed E-state index contributed by atoms with van der Waals surface area (Å²) in [4.78, 5) is 35.5. The zero-order valence-corrected chi connectivity index (χ0v) is 19.9. The first-order chi connectivity index (χ1) is 17.0. The molecule has 3 aromatic carbocycles. The van der Waals surface area contributed by atoms with Gasteiger partial charge in [-0.3, -0.25) is 9.59 Å². The Kier molecular flexibility index (Phi) is 7.57. The Morgan fingerprint density at radius 2 is 1.74 bits per heavy atom. The molecule has 0 aliphatic heterocycles. The van der Waals surface area contributed by atoms with Gasteiger partial charge in [0, 0.05) is 19.0 Å². The van der Waals surface area contributed by atoms with Crippen molar-refractivity contribution >= 4 is 16.7 Å². The Hall–Kier alpha value is -3.97. The third kappa shape index (κ3) is 5.58. The highest BCUT2D eigenvalue weighted by Crippen LogP contribution is 2.22. The van der Waals surface area contributed by atoms with Crippen molar-refractivity contribution in [3.8, 4) is 5.75 Å². The van der Waals surface area contributed by atoms with Crippen LogP contribution in [0, 0.1) is 0 Å². The van der Waals surface area contributed by atoms with Gasteiger partial charge in [0.2, 0.25) is 5.75 Å². The molecule has 0 fully saturated rings. The minimum atomic E-state index is -0.512. The minimum absolute atomic E-state index is 0.0536. The second-order valence-corrected chi connectivity index (χ2v) is 8.60. The summed E-state index contributed by atoms with van der Waals surface area (Å²) >= 11 is 0. The van der Waals surface area contributed by atoms with E-state index in [0.717, 1.165) is 21.9 Å². The number of aromatic nitrogens is 2. The van der Waals surface area contributed by atoms with Crippen LogP contribution in [-0.2, 0) is 13.0 Å². The smallest absolute Gasteiger partial charge is 0.294 e. The van der Waals surface area contributed by atoms with E-state index < -0.39 is 11.5 Å². The van der Waals surface area contributed by atoms with E-state index in [1.54, 1.807) is 0 Å². The topological polar surface area (TPSA) is 95.5 Å². The number of nitrogens with one attached hydrogen (secondary N) is 1. The summed E-state index contributed by atoms with van der Waals surface area (Å²) in [5.41, 5.74) is 1.28. The van der Waals surface area contributed by atoms with Crippen LogP contribution in [0.25, 0.3) is 10.8 Å². The van der Waals surface area contributed by atoms with E-state index in [9.17, 15) is 14.7 Å². The summed E-state index contributed by atoms with van der Waals surface area (Å²) in [6.45, 7) is 3.75. The highest BCUT2D eigenvalue weighted by atomic mass is 16.5. The number of carbonyl (C=O) groups excluding carboxylic acids is 1. The van der Waals surface area contributed by atoms with Crippen LogP contribution in [0.2, 0.25) is 0 Å². The summed E-state index contributed by atoms with van der Waals surface area (Å²) in [5, 5.41) is 11.6. The number of amides is 1. The van der Waals surface area contributed by atoms with E-state index in [2.05, 4.69) is 9.97 Å². The molecule has 4 rings (SSSR count). The summed E-state index contributed by atoms with van der Waals surface area (Å²) in [5.74, 6) is -0.207. The number of aromatic amines is 1. The van der Waals surface area contributed by atoms with E-state index in [1.165, 1.54) is 4.90 Å². The first-order valence-electron chi connectivity index (χ1n) is 11.7. The third-order valence-corrected chi connectivity index (χ3v) is 5.82. The number of ether oxygens (including phenoxy) is 1. The molecule has 0 spiro atoms. The predicted octanol–water partition coefficient (Wildman–Crippen LogP) is 3.94. The van der Waals surface area contributed by atoms with Crippen LogP contribution in [0.1, 0.15) is 41.3 Å². The fourth-order valence-electron chi connectivity index (χ4n) is 4.07. The number of H-pyrrole nitrogens is 1. The van der Waals surface area contributed by atoms with Gasteiger partial charge in [-0.2, -0.15) is 0 Å². The number of rotatable bonds is 9. The van der Waals surface area contributed by atoms with Crippen LogP contribution in [0.3, 0.4) is 0 Å². The normalized spacial score (nSPS) is 11.1. The van der Waals surface area contributed by atoms with Crippen molar-refractivity contribution in [1.29, 1.82) is 0 Å². The molecule has 0 aliphatic carbocycles. The highest BCUT2D eigenvalue weighted by Gasteiger charge is 2.26. The van der Waals surface area contributed by atoms with Gasteiger partial charge < -0.3 is 19.7 Å². The number of hydrogen-bond donors (Lipinski definition) is 2. The summed E-state index contributed by atoms with van der Waals surface area (Å²) in [6, 6.07) is 23.2. The molecule has 0 saturated heterocycles. The van der Waals surface area contributed by atoms with Gasteiger partial charge in [0.1, 0.15) is 12.4 Å². The SMILES string of the molecule is CC(C)N(CCO)C(=O)c1nc(Cc2cccc3ccccc23)[nH]c(=O)c1OCc1ccccc1. The molecule has 1 heterocycles. The number of fused-ring (bicyclic) bond motifs is 1. The summed E-state index contributed by atoms with van der Waals surface area (Å²) in [6.07, 6.45) is 0.345. The molecule has 0 aliphatic rings. The number of aliphatic hydroxyl groups is 1. The lowest BCUT2D eigenvalue weighted by Gasteiger charge is -2.26. The molecule has 0 atom stereocenters. The fraction of sp³-hybridized carbons (Fsp3) is 0.250. The molecule has 2 N–H and O–H groups in total. The summed E-state index contributed by atoms with van der Waals surface area (Å²) in [7, 11) is 0. The molecule has 0 saturated carbocycles. The number of hydrogen-bond acceptors (Lipinski definition) is 5. The van der Waals surface area contributed by atoms with Gasteiger partial charge in [-0.25, -0.2) is 4.98 Å². The van der Waals surface area contributed by atoms with Crippen LogP contribution < -0.4 is 10.3 Å². The van der Waals surface area contributed by atoms with Crippen molar-refractivity contribution in [2.45, 2.75) is 32.9 Å². The number of aliphatic hydroxyl groups excluding tert-OH is 1. The second-order valence-electron chi connectivity index (χ2n) is 8.60. The lowest BCUT2D eigenvalue weighted by molar-refractivity contribution is 0.0653. The molecular weight excluding hydrogens is 442 g/mol. The van der Waals surface area contributed by atoms with Crippen molar-refractivity contribution in [1.82, 2.24) is 14.9 Å². The number of benzene rings is 3. The first kappa shape index (κ1) is 24.2. The van der Waals surface area contributed by atoms with Crippen LogP contribution in [0.15, 0.2) is 77.6 Å². The van der Waals surface area contributed by atoms with Gasteiger partial charge >= 0.3 is 0 Å². The van der Waals surface area contributed by atoms with Crippen molar-refractivity contribution in [3.63, 3.8) is 0 Å². The Morgan fingerprint density at radius 3 is 2.49 bits per heavy atom. The lowest BCUT2D eigenvalue weighted by Crippen LogP contribution is -2.40. The second kappa shape index (κ2) is 11.0. The lowest BCUT2D eigenvalue weighted by atomic mass is 10.0. The maximum atomic E-state index is 13.5. The van der Waals surface area contributed by atoms with Gasteiger partial charge in [0.25, 0.3) is 11.5 Å². The van der Waals surface area contributed by atoms with E-state index in [-0.39, 0.29) is 37.2 Å². The van der Waals surface area contributed by atoms with Crippen molar-refractivity contribution in [2.24, 2.45) is 0 Å². The van der Waals surface area contributed by atoms with Crippen molar-refractivity contribution < 1.29 is 14.6 Å². The Morgan fingerprint density at radius 1 is 1.03 bits per heavy atom. The minimum Gasteiger partial charge on any atom is -0.481 e. The Balaban J connectivity index is 1.75. The molecule has 1 amide bonds. The molecular formula is C28H29N3O4. The molecule has 1 aromatic heterocycles. The van der Waals surface area contributed by atoms with Gasteiger partial charge in [0.05, 0.1) is 6.61 Å². The van der Waals surface area contributed by atoms with E-state index in [4.69, 9.17) is 4.74 Å². The quantitative estimate of drug-likeness (QED) is 0.386. The van der Waals surface area contributed by atoms with Crippen LogP contribution in [-0.4, -0.2) is 45.1 Å². The zero-order chi connectivity index (χ0) is 24.8. The molecule has 4 aromatic rings. The van der Waals surface area contributed by atoms with Gasteiger partial charge in [-0.1, -0.05) is 72.8 Å². The van der Waals surface area contributed by atoms with Crippen molar-refractivity contribution in [2.75, 3.05) is 13.2 Å². The van der Waals surface area contributed by atoms with Crippen LogP contribution in [0.5, 0.6) is 5.75 Å². The highest BCUT2D eigenvalue weighted by molar-refractivity contribution is 5.95. The average Bonchev–Trinajstić information content (AvgIpc) is 2.86. The molecule has 0 unspecified atom stereocenters. The first-order valence-corrected chi connectivity index (χ1v) is 11.7. The maximum Gasteiger partial charge on any atom is 0.294 e. The largest absolute Gasteiger partial charge is 0.481 e. The van der Waals surface area contributed by atoms with Gasteiger partial charge in [-0.15, -0.1) is 0 Å². The standard InChI is InChI=1S/C28H29N3O4/c1-19(2)31(15-16-32)28(34)25-26(35-18-20-9-4-3-5-10-20)27(33)30-24(29-25)17-22-13-8-12-21-11-6-7-14-23(21)22/h3-14,19,32H,15-18H2,1-2H3,(H,29,30,33). The van der Waals surface area contributed by atoms with E-state index >= 15 is 0 Å². The average molecular weight is 472 g/mol. The Labute approximate surface area is 204 Å². The zero-order valence-electron chi connectivity index (χ0n) is 19.9. The van der Waals surface area contributed by atoms with E-state index in [1.807, 2.05) is 86.6 Å². The number of carbonyl (C=O) groups is 1. The van der Waals surface area contributed by atoms with Crippen LogP contribution in [0.4, 0.5) is 0 Å². The Bertz CT molecular complexity index is 1360. The van der Waals surface area contributed by atoms with E-state index in [0.29, 0.717) is 12.2 Å². The van der Waals surface area contributed by atoms with Crippen LogP contribution >= 0.6 is 0 Å². The summed E-state index contributed by atoms with van der Waals surface area (Å²) < 4.78 is 5.84. The van der Waals surface area contributed by atoms with Crippen molar-refractivity contribution in [3.05, 3.63) is 106 Å². The molecule has 0 bridgehead atoms. The third-order valence-electron chi connectivity index (χ3n) is 5.82. The molecule has 0 radical (unpaired) electrons.